The van der Waals surface area contributed by atoms with Crippen molar-refractivity contribution < 1.29 is 19.7 Å². The van der Waals surface area contributed by atoms with Crippen LogP contribution in [0.1, 0.15) is 22.7 Å². The van der Waals surface area contributed by atoms with Crippen LogP contribution >= 0.6 is 0 Å². The maximum atomic E-state index is 9.83. The summed E-state index contributed by atoms with van der Waals surface area (Å²) in [5, 5.41) is 23.0. The third-order valence-electron chi connectivity index (χ3n) is 4.03. The maximum absolute atomic E-state index is 9.83. The molecule has 0 aromatic heterocycles. The highest BCUT2D eigenvalue weighted by Gasteiger charge is 2.26. The molecule has 116 valence electrons. The standard InChI is InChI=1S/C17H19NO4/c1-21-15-5-3-4-11(17(15)22-2)16-12-9-14(20)13(19)8-10(12)6-7-18-16/h3-5,8-9,16,18-20H,6-7H2,1-2H3/t16-/m0/s1. The van der Waals surface area contributed by atoms with E-state index in [9.17, 15) is 10.2 Å². The molecule has 5 heteroatoms. The molecule has 0 saturated heterocycles. The second kappa shape index (κ2) is 5.77. The Hall–Kier alpha value is -2.40. The van der Waals surface area contributed by atoms with Crippen LogP contribution in [-0.4, -0.2) is 31.0 Å². The van der Waals surface area contributed by atoms with Crippen molar-refractivity contribution >= 4 is 0 Å². The van der Waals surface area contributed by atoms with Crippen LogP contribution in [0.15, 0.2) is 30.3 Å². The van der Waals surface area contributed by atoms with Gasteiger partial charge < -0.3 is 25.0 Å². The summed E-state index contributed by atoms with van der Waals surface area (Å²) in [6, 6.07) is 8.84. The van der Waals surface area contributed by atoms with Crippen LogP contribution in [0.3, 0.4) is 0 Å². The lowest BCUT2D eigenvalue weighted by Gasteiger charge is -2.29. The highest BCUT2D eigenvalue weighted by atomic mass is 16.5. The number of hydrogen-bond acceptors (Lipinski definition) is 5. The molecule has 1 heterocycles. The van der Waals surface area contributed by atoms with Crippen LogP contribution in [0.2, 0.25) is 0 Å². The van der Waals surface area contributed by atoms with Gasteiger partial charge in [-0.3, -0.25) is 0 Å². The minimum Gasteiger partial charge on any atom is -0.504 e. The molecule has 1 aliphatic rings. The summed E-state index contributed by atoms with van der Waals surface area (Å²) >= 11 is 0. The fourth-order valence-electron chi connectivity index (χ4n) is 3.00. The molecule has 1 aliphatic heterocycles. The van der Waals surface area contributed by atoms with Crippen molar-refractivity contribution in [2.75, 3.05) is 20.8 Å². The largest absolute Gasteiger partial charge is 0.504 e. The normalized spacial score (nSPS) is 16.9. The van der Waals surface area contributed by atoms with E-state index in [2.05, 4.69) is 5.32 Å². The summed E-state index contributed by atoms with van der Waals surface area (Å²) in [7, 11) is 3.22. The number of hydrogen-bond donors (Lipinski definition) is 3. The highest BCUT2D eigenvalue weighted by Crippen LogP contribution is 2.41. The van der Waals surface area contributed by atoms with Crippen molar-refractivity contribution in [2.24, 2.45) is 0 Å². The Kier molecular flexibility index (Phi) is 3.81. The molecule has 22 heavy (non-hydrogen) atoms. The van der Waals surface area contributed by atoms with Crippen molar-refractivity contribution in [1.82, 2.24) is 5.32 Å². The Morgan fingerprint density at radius 2 is 1.82 bits per heavy atom. The van der Waals surface area contributed by atoms with Crippen LogP contribution in [0, 0.1) is 0 Å². The van der Waals surface area contributed by atoms with Gasteiger partial charge in [0, 0.05) is 12.1 Å². The summed E-state index contributed by atoms with van der Waals surface area (Å²) in [5.41, 5.74) is 2.89. The molecule has 0 saturated carbocycles. The molecule has 0 bridgehead atoms. The first kappa shape index (κ1) is 14.5. The SMILES string of the molecule is COc1cccc([C@@H]2NCCc3cc(O)c(O)cc32)c1OC. The van der Waals surface area contributed by atoms with Crippen molar-refractivity contribution in [3.05, 3.63) is 47.0 Å². The topological polar surface area (TPSA) is 71.0 Å². The van der Waals surface area contributed by atoms with E-state index >= 15 is 0 Å². The van der Waals surface area contributed by atoms with Gasteiger partial charge in [-0.1, -0.05) is 12.1 Å². The lowest BCUT2D eigenvalue weighted by Crippen LogP contribution is -2.30. The zero-order valence-electron chi connectivity index (χ0n) is 12.6. The maximum Gasteiger partial charge on any atom is 0.165 e. The molecular weight excluding hydrogens is 282 g/mol. The van der Waals surface area contributed by atoms with E-state index in [1.807, 2.05) is 18.2 Å². The summed E-state index contributed by atoms with van der Waals surface area (Å²) in [5.74, 6) is 1.13. The van der Waals surface area contributed by atoms with Gasteiger partial charge >= 0.3 is 0 Å². The molecule has 0 spiro atoms. The van der Waals surface area contributed by atoms with Gasteiger partial charge in [0.1, 0.15) is 0 Å². The second-order valence-electron chi connectivity index (χ2n) is 5.26. The van der Waals surface area contributed by atoms with E-state index in [1.165, 1.54) is 0 Å². The summed E-state index contributed by atoms with van der Waals surface area (Å²) in [6.07, 6.45) is 0.798. The third kappa shape index (κ3) is 2.33. The van der Waals surface area contributed by atoms with Crippen LogP contribution in [0.5, 0.6) is 23.0 Å². The number of nitrogens with one attached hydrogen (secondary N) is 1. The first-order valence-corrected chi connectivity index (χ1v) is 7.14. The number of methoxy groups -OCH3 is 2. The lowest BCUT2D eigenvalue weighted by molar-refractivity contribution is 0.348. The number of benzene rings is 2. The van der Waals surface area contributed by atoms with Gasteiger partial charge in [0.25, 0.3) is 0 Å². The molecule has 0 radical (unpaired) electrons. The lowest BCUT2D eigenvalue weighted by atomic mass is 9.89. The fourth-order valence-corrected chi connectivity index (χ4v) is 3.00. The number of rotatable bonds is 3. The van der Waals surface area contributed by atoms with Gasteiger partial charge in [-0.15, -0.1) is 0 Å². The first-order chi connectivity index (χ1) is 10.7. The Morgan fingerprint density at radius 3 is 2.55 bits per heavy atom. The van der Waals surface area contributed by atoms with E-state index < -0.39 is 0 Å². The minimum atomic E-state index is -0.125. The second-order valence-corrected chi connectivity index (χ2v) is 5.26. The average Bonchev–Trinajstić information content (AvgIpc) is 2.54. The van der Waals surface area contributed by atoms with Gasteiger partial charge in [-0.2, -0.15) is 0 Å². The number of fused-ring (bicyclic) bond motifs is 1. The number of para-hydroxylation sites is 1. The van der Waals surface area contributed by atoms with E-state index in [-0.39, 0.29) is 17.5 Å². The Balaban J connectivity index is 2.14. The van der Waals surface area contributed by atoms with Crippen LogP contribution in [-0.2, 0) is 6.42 Å². The molecular formula is C17H19NO4. The predicted molar refractivity (Wildman–Crippen MR) is 82.9 cm³/mol. The average molecular weight is 301 g/mol. The minimum absolute atomic E-state index is 0.0861. The smallest absolute Gasteiger partial charge is 0.165 e. The van der Waals surface area contributed by atoms with E-state index in [0.717, 1.165) is 29.7 Å². The van der Waals surface area contributed by atoms with Gasteiger partial charge in [-0.25, -0.2) is 0 Å². The number of phenolic OH excluding ortho intramolecular Hbond substituents is 2. The van der Waals surface area contributed by atoms with E-state index in [4.69, 9.17) is 9.47 Å². The van der Waals surface area contributed by atoms with Crippen molar-refractivity contribution in [1.29, 1.82) is 0 Å². The number of aromatic hydroxyl groups is 2. The fraction of sp³-hybridized carbons (Fsp3) is 0.294. The van der Waals surface area contributed by atoms with Gasteiger partial charge in [0.05, 0.1) is 20.3 Å². The van der Waals surface area contributed by atoms with Gasteiger partial charge in [0.2, 0.25) is 0 Å². The van der Waals surface area contributed by atoms with Crippen molar-refractivity contribution in [3.63, 3.8) is 0 Å². The monoisotopic (exact) mass is 301 g/mol. The van der Waals surface area contributed by atoms with Crippen LogP contribution in [0.25, 0.3) is 0 Å². The van der Waals surface area contributed by atoms with E-state index in [0.29, 0.717) is 11.5 Å². The van der Waals surface area contributed by atoms with Gasteiger partial charge in [0.15, 0.2) is 23.0 Å². The third-order valence-corrected chi connectivity index (χ3v) is 4.03. The Labute approximate surface area is 129 Å². The first-order valence-electron chi connectivity index (χ1n) is 7.14. The van der Waals surface area contributed by atoms with Crippen molar-refractivity contribution in [2.45, 2.75) is 12.5 Å². The summed E-state index contributed by atoms with van der Waals surface area (Å²) in [4.78, 5) is 0. The summed E-state index contributed by atoms with van der Waals surface area (Å²) < 4.78 is 10.9. The Bertz CT molecular complexity index is 699. The molecule has 0 unspecified atom stereocenters. The molecule has 2 aromatic rings. The number of phenols is 2. The molecule has 3 rings (SSSR count). The van der Waals surface area contributed by atoms with Crippen LogP contribution in [0.4, 0.5) is 0 Å². The zero-order valence-corrected chi connectivity index (χ0v) is 12.6. The van der Waals surface area contributed by atoms with Gasteiger partial charge in [-0.05, 0) is 35.7 Å². The zero-order chi connectivity index (χ0) is 15.7. The summed E-state index contributed by atoms with van der Waals surface area (Å²) in [6.45, 7) is 0.780. The molecule has 5 nitrogen and oxygen atoms in total. The number of ether oxygens (including phenoxy) is 2. The highest BCUT2D eigenvalue weighted by molar-refractivity contribution is 5.55. The molecule has 3 N–H and O–H groups in total. The molecule has 0 amide bonds. The molecule has 0 fully saturated rings. The quantitative estimate of drug-likeness (QED) is 0.759. The molecule has 0 aliphatic carbocycles. The molecule has 2 aromatic carbocycles. The Morgan fingerprint density at radius 1 is 1.05 bits per heavy atom. The molecule has 1 atom stereocenters. The van der Waals surface area contributed by atoms with E-state index in [1.54, 1.807) is 26.4 Å². The van der Waals surface area contributed by atoms with Crippen LogP contribution < -0.4 is 14.8 Å². The van der Waals surface area contributed by atoms with Crippen molar-refractivity contribution in [3.8, 4) is 23.0 Å². The predicted octanol–water partition coefficient (Wildman–Crippen LogP) is 2.35.